The Labute approximate surface area is 155 Å². The van der Waals surface area contributed by atoms with E-state index in [1.807, 2.05) is 0 Å². The smallest absolute Gasteiger partial charge is 0.308 e. The van der Waals surface area contributed by atoms with Gasteiger partial charge in [0.25, 0.3) is 0 Å². The van der Waals surface area contributed by atoms with Gasteiger partial charge in [0.2, 0.25) is 6.08 Å². The van der Waals surface area contributed by atoms with E-state index in [-0.39, 0.29) is 16.6 Å². The Morgan fingerprint density at radius 3 is 2.89 bits per heavy atom. The number of carbonyl (C=O) groups is 1. The summed E-state index contributed by atoms with van der Waals surface area (Å²) in [5.74, 6) is 0.211. The summed E-state index contributed by atoms with van der Waals surface area (Å²) in [6, 6.07) is 6.38. The number of esters is 1. The SMILES string of the molecule is COc1ccnc(CS(=O)c2nc3ccc(OC(C)=O)cc3[nH]2)c1N=C=O. The van der Waals surface area contributed by atoms with Crippen molar-refractivity contribution in [1.82, 2.24) is 15.0 Å². The van der Waals surface area contributed by atoms with Gasteiger partial charge in [0, 0.05) is 25.3 Å². The summed E-state index contributed by atoms with van der Waals surface area (Å²) in [5, 5.41) is 0.218. The third kappa shape index (κ3) is 4.08. The van der Waals surface area contributed by atoms with Crippen LogP contribution in [0.15, 0.2) is 40.6 Å². The second kappa shape index (κ2) is 7.90. The molecule has 1 N–H and O–H groups in total. The summed E-state index contributed by atoms with van der Waals surface area (Å²) in [5.41, 5.74) is 1.63. The average Bonchev–Trinajstić information content (AvgIpc) is 3.06. The lowest BCUT2D eigenvalue weighted by atomic mass is 10.3. The van der Waals surface area contributed by atoms with E-state index in [0.29, 0.717) is 28.2 Å². The fourth-order valence-corrected chi connectivity index (χ4v) is 3.43. The molecule has 3 rings (SSSR count). The molecule has 27 heavy (non-hydrogen) atoms. The molecule has 2 heterocycles. The summed E-state index contributed by atoms with van der Waals surface area (Å²) in [4.78, 5) is 36.7. The number of aromatic nitrogens is 3. The van der Waals surface area contributed by atoms with Crippen LogP contribution in [-0.4, -0.2) is 38.3 Å². The van der Waals surface area contributed by atoms with Crippen molar-refractivity contribution < 1.29 is 23.3 Å². The number of aliphatic imine (C=N–C) groups is 1. The molecule has 2 aromatic heterocycles. The first-order valence-corrected chi connectivity index (χ1v) is 9.00. The largest absolute Gasteiger partial charge is 0.494 e. The second-order valence-electron chi connectivity index (χ2n) is 5.32. The zero-order valence-corrected chi connectivity index (χ0v) is 15.2. The van der Waals surface area contributed by atoms with Crippen LogP contribution in [0.3, 0.4) is 0 Å². The highest BCUT2D eigenvalue weighted by molar-refractivity contribution is 7.84. The zero-order valence-electron chi connectivity index (χ0n) is 14.4. The van der Waals surface area contributed by atoms with E-state index in [4.69, 9.17) is 9.47 Å². The topological polar surface area (TPSA) is 124 Å². The molecule has 138 valence electrons. The lowest BCUT2D eigenvalue weighted by Gasteiger charge is -2.07. The summed E-state index contributed by atoms with van der Waals surface area (Å²) in [7, 11) is -0.160. The first kappa shape index (κ1) is 18.4. The predicted molar refractivity (Wildman–Crippen MR) is 96.1 cm³/mol. The van der Waals surface area contributed by atoms with Gasteiger partial charge in [-0.3, -0.25) is 14.0 Å². The van der Waals surface area contributed by atoms with Crippen LogP contribution in [0.5, 0.6) is 11.5 Å². The number of carbonyl (C=O) groups excluding carboxylic acids is 2. The first-order valence-electron chi connectivity index (χ1n) is 7.68. The summed E-state index contributed by atoms with van der Waals surface area (Å²) < 4.78 is 22.9. The van der Waals surface area contributed by atoms with Crippen molar-refractivity contribution in [2.45, 2.75) is 17.8 Å². The minimum atomic E-state index is -1.59. The summed E-state index contributed by atoms with van der Waals surface area (Å²) >= 11 is 0. The number of H-pyrrole nitrogens is 1. The van der Waals surface area contributed by atoms with Crippen molar-refractivity contribution in [2.24, 2.45) is 4.99 Å². The fraction of sp³-hybridized carbons (Fsp3) is 0.176. The van der Waals surface area contributed by atoms with Gasteiger partial charge in [-0.2, -0.15) is 4.99 Å². The number of imidazole rings is 1. The molecule has 3 aromatic rings. The number of rotatable bonds is 6. The maximum Gasteiger partial charge on any atom is 0.308 e. The van der Waals surface area contributed by atoms with Crippen molar-refractivity contribution in [3.8, 4) is 11.5 Å². The highest BCUT2D eigenvalue weighted by Gasteiger charge is 2.17. The second-order valence-corrected chi connectivity index (χ2v) is 6.68. The summed E-state index contributed by atoms with van der Waals surface area (Å²) in [6.45, 7) is 1.30. The van der Waals surface area contributed by atoms with E-state index in [9.17, 15) is 13.8 Å². The highest BCUT2D eigenvalue weighted by atomic mass is 32.2. The number of aromatic amines is 1. The minimum absolute atomic E-state index is 0.0334. The molecule has 0 saturated carbocycles. The van der Waals surface area contributed by atoms with Gasteiger partial charge in [-0.1, -0.05) is 0 Å². The number of hydrogen-bond acceptors (Lipinski definition) is 8. The van der Waals surface area contributed by atoms with Gasteiger partial charge in [-0.25, -0.2) is 9.78 Å². The molecule has 1 atom stereocenters. The number of nitrogens with one attached hydrogen (secondary N) is 1. The number of pyridine rings is 1. The van der Waals surface area contributed by atoms with E-state index in [2.05, 4.69) is 19.9 Å². The molecule has 0 bridgehead atoms. The first-order chi connectivity index (χ1) is 13.0. The van der Waals surface area contributed by atoms with E-state index in [1.165, 1.54) is 26.3 Å². The van der Waals surface area contributed by atoms with Crippen molar-refractivity contribution in [3.05, 3.63) is 36.2 Å². The molecule has 0 amide bonds. The van der Waals surface area contributed by atoms with Gasteiger partial charge in [0.05, 0.1) is 40.4 Å². The van der Waals surface area contributed by atoms with E-state index >= 15 is 0 Å². The molecule has 9 nitrogen and oxygen atoms in total. The van der Waals surface area contributed by atoms with Crippen LogP contribution in [0.2, 0.25) is 0 Å². The Kier molecular flexibility index (Phi) is 5.39. The monoisotopic (exact) mass is 386 g/mol. The Morgan fingerprint density at radius 1 is 1.37 bits per heavy atom. The summed E-state index contributed by atoms with van der Waals surface area (Å²) in [6.07, 6.45) is 2.92. The molecule has 10 heteroatoms. The Balaban J connectivity index is 1.90. The standard InChI is InChI=1S/C17H14N4O5S/c1-10(23)26-11-3-4-12-13(7-11)21-17(20-12)27(24)8-14-16(19-9-22)15(25-2)5-6-18-14/h3-7H,8H2,1-2H3,(H,20,21). The van der Waals surface area contributed by atoms with Crippen molar-refractivity contribution in [1.29, 1.82) is 0 Å². The van der Waals surface area contributed by atoms with E-state index in [0.717, 1.165) is 0 Å². The number of isocyanates is 1. The Hall–Kier alpha value is -3.36. The van der Waals surface area contributed by atoms with Crippen molar-refractivity contribution in [3.63, 3.8) is 0 Å². The highest BCUT2D eigenvalue weighted by Crippen LogP contribution is 2.31. The Bertz CT molecular complexity index is 1090. The molecule has 0 saturated heterocycles. The van der Waals surface area contributed by atoms with Gasteiger partial charge in [0.15, 0.2) is 5.16 Å². The molecule has 0 aliphatic carbocycles. The van der Waals surface area contributed by atoms with E-state index < -0.39 is 16.8 Å². The number of methoxy groups -OCH3 is 1. The van der Waals surface area contributed by atoms with Crippen LogP contribution in [0.25, 0.3) is 11.0 Å². The molecule has 0 spiro atoms. The van der Waals surface area contributed by atoms with Crippen LogP contribution >= 0.6 is 0 Å². The molecule has 0 fully saturated rings. The number of ether oxygens (including phenoxy) is 2. The molecule has 0 aliphatic rings. The van der Waals surface area contributed by atoms with Crippen LogP contribution in [0.1, 0.15) is 12.6 Å². The predicted octanol–water partition coefficient (Wildman–Crippen LogP) is 2.17. The van der Waals surface area contributed by atoms with Crippen LogP contribution in [0, 0.1) is 0 Å². The van der Waals surface area contributed by atoms with Gasteiger partial charge >= 0.3 is 5.97 Å². The lowest BCUT2D eigenvalue weighted by molar-refractivity contribution is -0.131. The van der Waals surface area contributed by atoms with Gasteiger partial charge < -0.3 is 14.5 Å². The van der Waals surface area contributed by atoms with Crippen LogP contribution in [0.4, 0.5) is 5.69 Å². The normalized spacial score (nSPS) is 11.6. The minimum Gasteiger partial charge on any atom is -0.494 e. The van der Waals surface area contributed by atoms with E-state index in [1.54, 1.807) is 24.3 Å². The lowest BCUT2D eigenvalue weighted by Crippen LogP contribution is -2.02. The van der Waals surface area contributed by atoms with Crippen LogP contribution < -0.4 is 9.47 Å². The van der Waals surface area contributed by atoms with Gasteiger partial charge in [-0.05, 0) is 12.1 Å². The quantitative estimate of drug-likeness (QED) is 0.298. The van der Waals surface area contributed by atoms with Crippen molar-refractivity contribution >= 4 is 39.6 Å². The molecule has 1 aromatic carbocycles. The van der Waals surface area contributed by atoms with Gasteiger partial charge in [0.1, 0.15) is 17.2 Å². The Morgan fingerprint density at radius 2 is 2.19 bits per heavy atom. The zero-order chi connectivity index (χ0) is 19.4. The fourth-order valence-electron chi connectivity index (χ4n) is 2.41. The molecule has 0 radical (unpaired) electrons. The number of hydrogen-bond donors (Lipinski definition) is 1. The number of fused-ring (bicyclic) bond motifs is 1. The van der Waals surface area contributed by atoms with Crippen molar-refractivity contribution in [2.75, 3.05) is 7.11 Å². The molecule has 1 unspecified atom stereocenters. The van der Waals surface area contributed by atoms with Gasteiger partial charge in [-0.15, -0.1) is 0 Å². The molecular formula is C17H14N4O5S. The third-order valence-corrected chi connectivity index (χ3v) is 4.68. The molecule has 0 aliphatic heterocycles. The maximum absolute atomic E-state index is 12.7. The third-order valence-electron chi connectivity index (χ3n) is 3.52. The maximum atomic E-state index is 12.7. The number of nitrogens with zero attached hydrogens (tertiary/aromatic N) is 3. The average molecular weight is 386 g/mol. The van der Waals surface area contributed by atoms with Crippen LogP contribution in [-0.2, 0) is 26.1 Å². The molecular weight excluding hydrogens is 372 g/mol. The number of benzene rings is 1.